The molecule has 0 aliphatic carbocycles. The standard InChI is InChI=1S/C55H35N3O3/c1-4-15-36(16-5-1)38-19-14-22-40(31-38)57(41-28-30-52-47(32-41)45-24-11-13-26-51(45)59-52)43-33-48-54(61-55(56-48)37-17-6-2-7-18-37)49(34-43)58(39-20-8-3-9-21-39)42-27-29-46-44-23-10-12-25-50(44)60-53(46)35-42/h1-35H. The smallest absolute Gasteiger partial charge is 0.227 e. The number of nitrogens with zero attached hydrogens (tertiary/aromatic N) is 3. The Morgan fingerprint density at radius 2 is 0.869 bits per heavy atom. The first kappa shape index (κ1) is 34.7. The van der Waals surface area contributed by atoms with Crippen LogP contribution in [0.1, 0.15) is 0 Å². The number of fused-ring (bicyclic) bond motifs is 7. The number of benzene rings is 9. The van der Waals surface area contributed by atoms with Crippen LogP contribution in [0.5, 0.6) is 0 Å². The molecule has 0 unspecified atom stereocenters. The molecule has 6 heteroatoms. The van der Waals surface area contributed by atoms with Crippen molar-refractivity contribution in [1.82, 2.24) is 4.98 Å². The molecule has 0 bridgehead atoms. The van der Waals surface area contributed by atoms with E-state index in [-0.39, 0.29) is 0 Å². The van der Waals surface area contributed by atoms with Crippen molar-refractivity contribution in [3.63, 3.8) is 0 Å². The SMILES string of the molecule is c1ccc(-c2cccc(N(c3cc(N(c4ccccc4)c4ccc5c(c4)oc4ccccc45)c4oc(-c5ccccc5)nc4c3)c3ccc4oc5ccccc5c4c3)c2)cc1. The topological polar surface area (TPSA) is 58.8 Å². The van der Waals surface area contributed by atoms with Crippen molar-refractivity contribution >= 4 is 89.1 Å². The van der Waals surface area contributed by atoms with Gasteiger partial charge in [-0.05, 0) is 102 Å². The van der Waals surface area contributed by atoms with Gasteiger partial charge < -0.3 is 23.1 Å². The van der Waals surface area contributed by atoms with Crippen LogP contribution in [-0.4, -0.2) is 4.98 Å². The molecule has 0 aliphatic rings. The summed E-state index contributed by atoms with van der Waals surface area (Å²) in [4.78, 5) is 9.76. The number of furan rings is 2. The molecule has 61 heavy (non-hydrogen) atoms. The minimum Gasteiger partial charge on any atom is -0.456 e. The first-order chi connectivity index (χ1) is 30.2. The fourth-order valence-electron chi connectivity index (χ4n) is 8.61. The molecule has 288 valence electrons. The number of aromatic nitrogens is 1. The Hall–Kier alpha value is -8.35. The van der Waals surface area contributed by atoms with Gasteiger partial charge in [0.25, 0.3) is 0 Å². The molecule has 12 rings (SSSR count). The highest BCUT2D eigenvalue weighted by molar-refractivity contribution is 6.08. The number of para-hydroxylation sites is 3. The lowest BCUT2D eigenvalue weighted by Crippen LogP contribution is -2.13. The fourth-order valence-corrected chi connectivity index (χ4v) is 8.61. The summed E-state index contributed by atoms with van der Waals surface area (Å²) in [7, 11) is 0. The molecule has 0 saturated heterocycles. The lowest BCUT2D eigenvalue weighted by Gasteiger charge is -2.29. The summed E-state index contributed by atoms with van der Waals surface area (Å²) < 4.78 is 19.6. The molecule has 0 atom stereocenters. The van der Waals surface area contributed by atoms with Gasteiger partial charge in [0.1, 0.15) is 27.8 Å². The second kappa shape index (κ2) is 14.2. The Morgan fingerprint density at radius 3 is 1.64 bits per heavy atom. The molecule has 3 aromatic heterocycles. The third-order valence-electron chi connectivity index (χ3n) is 11.4. The van der Waals surface area contributed by atoms with Crippen LogP contribution in [0.25, 0.3) is 77.6 Å². The number of oxazole rings is 1. The van der Waals surface area contributed by atoms with E-state index in [1.165, 1.54) is 0 Å². The molecule has 9 aromatic carbocycles. The Kier molecular flexibility index (Phi) is 8.06. The average molecular weight is 786 g/mol. The van der Waals surface area contributed by atoms with Gasteiger partial charge in [0.15, 0.2) is 5.58 Å². The minimum absolute atomic E-state index is 0.540. The summed E-state index contributed by atoms with van der Waals surface area (Å²) in [5.41, 5.74) is 13.4. The van der Waals surface area contributed by atoms with Crippen molar-refractivity contribution in [2.24, 2.45) is 0 Å². The molecule has 0 spiro atoms. The van der Waals surface area contributed by atoms with Crippen LogP contribution < -0.4 is 9.80 Å². The van der Waals surface area contributed by atoms with Gasteiger partial charge in [0.05, 0.1) is 17.1 Å². The maximum absolute atomic E-state index is 6.86. The summed E-state index contributed by atoms with van der Waals surface area (Å²) in [6, 6.07) is 73.2. The highest BCUT2D eigenvalue weighted by Crippen LogP contribution is 2.47. The third kappa shape index (κ3) is 6.00. The summed E-state index contributed by atoms with van der Waals surface area (Å²) >= 11 is 0. The highest BCUT2D eigenvalue weighted by Gasteiger charge is 2.25. The molecule has 0 aliphatic heterocycles. The van der Waals surface area contributed by atoms with E-state index in [0.717, 1.165) is 100 Å². The first-order valence-corrected chi connectivity index (χ1v) is 20.4. The fraction of sp³-hybridized carbons (Fsp3) is 0. The zero-order valence-corrected chi connectivity index (χ0v) is 32.8. The maximum Gasteiger partial charge on any atom is 0.227 e. The van der Waals surface area contributed by atoms with Gasteiger partial charge >= 0.3 is 0 Å². The van der Waals surface area contributed by atoms with Crippen molar-refractivity contribution < 1.29 is 13.3 Å². The van der Waals surface area contributed by atoms with Crippen molar-refractivity contribution in [1.29, 1.82) is 0 Å². The summed E-state index contributed by atoms with van der Waals surface area (Å²) in [6.07, 6.45) is 0. The van der Waals surface area contributed by atoms with Crippen LogP contribution in [0, 0.1) is 0 Å². The second-order valence-corrected chi connectivity index (χ2v) is 15.2. The zero-order valence-electron chi connectivity index (χ0n) is 32.8. The minimum atomic E-state index is 0.540. The normalized spacial score (nSPS) is 11.6. The van der Waals surface area contributed by atoms with Crippen molar-refractivity contribution in [3.8, 4) is 22.6 Å². The molecule has 0 saturated carbocycles. The van der Waals surface area contributed by atoms with Crippen molar-refractivity contribution in [2.75, 3.05) is 9.80 Å². The van der Waals surface area contributed by atoms with Crippen molar-refractivity contribution in [2.45, 2.75) is 0 Å². The van der Waals surface area contributed by atoms with Gasteiger partial charge in [0, 0.05) is 50.2 Å². The van der Waals surface area contributed by atoms with Gasteiger partial charge in [0.2, 0.25) is 5.89 Å². The largest absolute Gasteiger partial charge is 0.456 e. The van der Waals surface area contributed by atoms with Crippen LogP contribution in [0.2, 0.25) is 0 Å². The van der Waals surface area contributed by atoms with E-state index in [4.69, 9.17) is 18.2 Å². The molecular formula is C55H35N3O3. The number of hydrogen-bond donors (Lipinski definition) is 0. The quantitative estimate of drug-likeness (QED) is 0.153. The zero-order chi connectivity index (χ0) is 40.3. The maximum atomic E-state index is 6.86. The van der Waals surface area contributed by atoms with E-state index >= 15 is 0 Å². The summed E-state index contributed by atoms with van der Waals surface area (Å²) in [5.74, 6) is 0.540. The molecule has 0 fully saturated rings. The van der Waals surface area contributed by atoms with E-state index in [9.17, 15) is 0 Å². The number of hydrogen-bond acceptors (Lipinski definition) is 6. The monoisotopic (exact) mass is 785 g/mol. The average Bonchev–Trinajstić information content (AvgIpc) is 4.04. The number of rotatable bonds is 8. The lowest BCUT2D eigenvalue weighted by atomic mass is 10.0. The Morgan fingerprint density at radius 1 is 0.311 bits per heavy atom. The predicted molar refractivity (Wildman–Crippen MR) is 249 cm³/mol. The first-order valence-electron chi connectivity index (χ1n) is 20.4. The molecule has 0 N–H and O–H groups in total. The van der Waals surface area contributed by atoms with E-state index in [2.05, 4.69) is 149 Å². The Bertz CT molecular complexity index is 3550. The van der Waals surface area contributed by atoms with E-state index in [0.29, 0.717) is 11.5 Å². The van der Waals surface area contributed by atoms with E-state index < -0.39 is 0 Å². The van der Waals surface area contributed by atoms with Crippen LogP contribution in [0.3, 0.4) is 0 Å². The van der Waals surface area contributed by atoms with Gasteiger partial charge in [-0.2, -0.15) is 0 Å². The van der Waals surface area contributed by atoms with Gasteiger partial charge in [-0.15, -0.1) is 0 Å². The Balaban J connectivity index is 1.14. The van der Waals surface area contributed by atoms with Gasteiger partial charge in [-0.25, -0.2) is 4.98 Å². The summed E-state index contributed by atoms with van der Waals surface area (Å²) in [5, 5.41) is 4.24. The third-order valence-corrected chi connectivity index (χ3v) is 11.4. The lowest BCUT2D eigenvalue weighted by molar-refractivity contribution is 0.620. The van der Waals surface area contributed by atoms with E-state index in [1.807, 2.05) is 72.8 Å². The molecule has 3 heterocycles. The molecule has 12 aromatic rings. The van der Waals surface area contributed by atoms with Crippen LogP contribution in [-0.2, 0) is 0 Å². The second-order valence-electron chi connectivity index (χ2n) is 15.2. The van der Waals surface area contributed by atoms with Crippen molar-refractivity contribution in [3.05, 3.63) is 212 Å². The molecule has 6 nitrogen and oxygen atoms in total. The van der Waals surface area contributed by atoms with E-state index in [1.54, 1.807) is 0 Å². The molecular weight excluding hydrogens is 751 g/mol. The van der Waals surface area contributed by atoms with Crippen LogP contribution in [0.15, 0.2) is 226 Å². The van der Waals surface area contributed by atoms with Crippen LogP contribution >= 0.6 is 0 Å². The predicted octanol–water partition coefficient (Wildman–Crippen LogP) is 15.9. The molecule has 0 amide bonds. The summed E-state index contributed by atoms with van der Waals surface area (Å²) in [6.45, 7) is 0. The van der Waals surface area contributed by atoms with Gasteiger partial charge in [-0.3, -0.25) is 0 Å². The van der Waals surface area contributed by atoms with Crippen LogP contribution in [0.4, 0.5) is 34.1 Å². The van der Waals surface area contributed by atoms with Gasteiger partial charge in [-0.1, -0.05) is 115 Å². The Labute approximate surface area is 350 Å². The molecule has 0 radical (unpaired) electrons. The highest BCUT2D eigenvalue weighted by atomic mass is 16.4. The number of anilines is 6.